The number of pyridine rings is 1. The third-order valence-corrected chi connectivity index (χ3v) is 9.93. The molecule has 3 aliphatic rings. The summed E-state index contributed by atoms with van der Waals surface area (Å²) in [7, 11) is 0. The van der Waals surface area contributed by atoms with Crippen molar-refractivity contribution in [3.8, 4) is 22.8 Å². The molecule has 1 aromatic heterocycles. The average Bonchev–Trinajstić information content (AvgIpc) is 3.07. The summed E-state index contributed by atoms with van der Waals surface area (Å²) >= 11 is 2.01. The maximum absolute atomic E-state index is 14.3. The van der Waals surface area contributed by atoms with Crippen molar-refractivity contribution in [3.63, 3.8) is 0 Å². The van der Waals surface area contributed by atoms with E-state index in [1.54, 1.807) is 6.07 Å². The second kappa shape index (κ2) is 15.9. The SMILES string of the molecule is O=C(O)N[C@H]1CC[C@H](NC(=O)c2cc(F)cnc2Oc2cccc(-c3ccc(CN4CCSCC4)cc3CN3CCOCC3)c2)CC1. The molecule has 2 saturated heterocycles. The molecule has 0 bridgehead atoms. The lowest BCUT2D eigenvalue weighted by Gasteiger charge is -2.29. The second-order valence-corrected chi connectivity index (χ2v) is 13.6. The van der Waals surface area contributed by atoms with Crippen LogP contribution in [-0.4, -0.2) is 94.9 Å². The molecule has 12 heteroatoms. The molecule has 1 saturated carbocycles. The van der Waals surface area contributed by atoms with Crippen LogP contribution in [0.5, 0.6) is 11.6 Å². The highest BCUT2D eigenvalue weighted by Gasteiger charge is 2.26. The quantitative estimate of drug-likeness (QED) is 0.263. The van der Waals surface area contributed by atoms with Gasteiger partial charge >= 0.3 is 6.09 Å². The number of morpholine rings is 1. The van der Waals surface area contributed by atoms with E-state index in [1.807, 2.05) is 30.0 Å². The van der Waals surface area contributed by atoms with E-state index < -0.39 is 17.8 Å². The number of hydrogen-bond acceptors (Lipinski definition) is 8. The Morgan fingerprint density at radius 1 is 0.936 bits per heavy atom. The molecule has 2 aliphatic heterocycles. The number of rotatable bonds is 10. The van der Waals surface area contributed by atoms with E-state index in [-0.39, 0.29) is 23.5 Å². The van der Waals surface area contributed by atoms with Crippen LogP contribution in [0.1, 0.15) is 47.2 Å². The zero-order valence-corrected chi connectivity index (χ0v) is 27.3. The Morgan fingerprint density at radius 2 is 1.66 bits per heavy atom. The Kier molecular flexibility index (Phi) is 11.2. The summed E-state index contributed by atoms with van der Waals surface area (Å²) in [5, 5.41) is 14.5. The van der Waals surface area contributed by atoms with E-state index in [2.05, 4.69) is 43.6 Å². The lowest BCUT2D eigenvalue weighted by atomic mass is 9.91. The highest BCUT2D eigenvalue weighted by atomic mass is 32.2. The predicted octanol–water partition coefficient (Wildman–Crippen LogP) is 5.37. The number of carbonyl (C=O) groups excluding carboxylic acids is 1. The lowest BCUT2D eigenvalue weighted by Crippen LogP contribution is -2.43. The number of halogens is 1. The van der Waals surface area contributed by atoms with Crippen molar-refractivity contribution >= 4 is 23.8 Å². The molecule has 0 spiro atoms. The average molecular weight is 664 g/mol. The van der Waals surface area contributed by atoms with Crippen LogP contribution in [0.4, 0.5) is 9.18 Å². The fourth-order valence-corrected chi connectivity index (χ4v) is 7.48. The molecule has 0 unspecified atom stereocenters. The van der Waals surface area contributed by atoms with Crippen LogP contribution < -0.4 is 15.4 Å². The lowest BCUT2D eigenvalue weighted by molar-refractivity contribution is 0.0342. The maximum Gasteiger partial charge on any atom is 0.404 e. The van der Waals surface area contributed by atoms with Crippen LogP contribution >= 0.6 is 11.8 Å². The minimum atomic E-state index is -1.05. The third kappa shape index (κ3) is 9.22. The number of thioether (sulfide) groups is 1. The highest BCUT2D eigenvalue weighted by molar-refractivity contribution is 7.99. The molecule has 3 fully saturated rings. The molecular formula is C35H42FN5O5S. The predicted molar refractivity (Wildman–Crippen MR) is 180 cm³/mol. The van der Waals surface area contributed by atoms with Gasteiger partial charge in [0.05, 0.1) is 19.4 Å². The van der Waals surface area contributed by atoms with Crippen LogP contribution in [0.25, 0.3) is 11.1 Å². The van der Waals surface area contributed by atoms with E-state index in [0.29, 0.717) is 31.4 Å². The van der Waals surface area contributed by atoms with E-state index in [9.17, 15) is 14.0 Å². The molecule has 0 atom stereocenters. The van der Waals surface area contributed by atoms with Crippen molar-refractivity contribution in [2.24, 2.45) is 0 Å². The minimum absolute atomic E-state index is 0.00894. The van der Waals surface area contributed by atoms with Gasteiger partial charge in [0.2, 0.25) is 5.88 Å². The largest absolute Gasteiger partial charge is 0.465 e. The molecule has 1 aliphatic carbocycles. The van der Waals surface area contributed by atoms with E-state index in [4.69, 9.17) is 14.6 Å². The summed E-state index contributed by atoms with van der Waals surface area (Å²) in [6, 6.07) is 15.3. The van der Waals surface area contributed by atoms with Crippen molar-refractivity contribution in [2.75, 3.05) is 50.9 Å². The molecule has 6 rings (SSSR count). The van der Waals surface area contributed by atoms with Crippen LogP contribution in [0.3, 0.4) is 0 Å². The zero-order chi connectivity index (χ0) is 32.6. The van der Waals surface area contributed by atoms with Crippen LogP contribution in [0.15, 0.2) is 54.7 Å². The number of aromatic nitrogens is 1. The van der Waals surface area contributed by atoms with Crippen molar-refractivity contribution in [1.29, 1.82) is 0 Å². The molecule has 10 nitrogen and oxygen atoms in total. The summed E-state index contributed by atoms with van der Waals surface area (Å²) in [6.45, 7) is 7.19. The Bertz CT molecular complexity index is 1540. The molecule has 250 valence electrons. The molecule has 3 N–H and O–H groups in total. The molecule has 47 heavy (non-hydrogen) atoms. The van der Waals surface area contributed by atoms with Gasteiger partial charge < -0.3 is 25.2 Å². The smallest absolute Gasteiger partial charge is 0.404 e. The summed E-state index contributed by atoms with van der Waals surface area (Å²) < 4.78 is 26.1. The van der Waals surface area contributed by atoms with Gasteiger partial charge in [0, 0.05) is 62.9 Å². The number of carboxylic acid groups (broad SMARTS) is 1. The molecule has 2 aromatic carbocycles. The molecular weight excluding hydrogens is 621 g/mol. The summed E-state index contributed by atoms with van der Waals surface area (Å²) in [5.41, 5.74) is 4.63. The van der Waals surface area contributed by atoms with Gasteiger partial charge in [-0.25, -0.2) is 14.2 Å². The van der Waals surface area contributed by atoms with E-state index in [0.717, 1.165) is 75.9 Å². The zero-order valence-electron chi connectivity index (χ0n) is 26.5. The van der Waals surface area contributed by atoms with Crippen LogP contribution in [0.2, 0.25) is 0 Å². The molecule has 3 heterocycles. The number of amides is 2. The Balaban J connectivity index is 1.19. The number of nitrogens with zero attached hydrogens (tertiary/aromatic N) is 3. The van der Waals surface area contributed by atoms with E-state index in [1.165, 1.54) is 22.6 Å². The first-order valence-corrected chi connectivity index (χ1v) is 17.5. The monoisotopic (exact) mass is 663 g/mol. The van der Waals surface area contributed by atoms with Gasteiger partial charge in [0.1, 0.15) is 17.1 Å². The number of benzene rings is 2. The first-order chi connectivity index (χ1) is 22.9. The van der Waals surface area contributed by atoms with Gasteiger partial charge in [-0.3, -0.25) is 14.6 Å². The Hall–Kier alpha value is -3.71. The summed E-state index contributed by atoms with van der Waals surface area (Å²) in [6.07, 6.45) is 2.44. The first-order valence-electron chi connectivity index (χ1n) is 16.4. The molecule has 2 amide bonds. The summed E-state index contributed by atoms with van der Waals surface area (Å²) in [5.74, 6) is 1.74. The number of ether oxygens (including phenoxy) is 2. The standard InChI is InChI=1S/C35H42FN5O5S/c36-27-20-32(33(42)38-28-5-7-29(8-6-28)39-35(43)44)34(37-21-27)46-30-3-1-2-25(19-30)31-9-4-24(22-41-12-16-47-17-13-41)18-26(31)23-40-10-14-45-15-11-40/h1-4,9,18-21,28-29,39H,5-8,10-17,22-23H2,(H,38,42)(H,43,44)/t28-,29-. The Labute approximate surface area is 279 Å². The van der Waals surface area contributed by atoms with Crippen molar-refractivity contribution in [1.82, 2.24) is 25.4 Å². The van der Waals surface area contributed by atoms with Crippen molar-refractivity contribution in [3.05, 3.63) is 77.2 Å². The molecule has 0 radical (unpaired) electrons. The minimum Gasteiger partial charge on any atom is -0.465 e. The molecule has 3 aromatic rings. The second-order valence-electron chi connectivity index (χ2n) is 12.4. The Morgan fingerprint density at radius 3 is 2.40 bits per heavy atom. The fraction of sp³-hybridized carbons (Fsp3) is 0.457. The van der Waals surface area contributed by atoms with Gasteiger partial charge in [-0.2, -0.15) is 11.8 Å². The van der Waals surface area contributed by atoms with Gasteiger partial charge in [-0.05, 0) is 66.1 Å². The maximum atomic E-state index is 14.3. The summed E-state index contributed by atoms with van der Waals surface area (Å²) in [4.78, 5) is 33.4. The van der Waals surface area contributed by atoms with Crippen LogP contribution in [-0.2, 0) is 17.8 Å². The number of carbonyl (C=O) groups is 2. The van der Waals surface area contributed by atoms with E-state index >= 15 is 0 Å². The van der Waals surface area contributed by atoms with Gasteiger partial charge in [0.15, 0.2) is 0 Å². The highest BCUT2D eigenvalue weighted by Crippen LogP contribution is 2.32. The van der Waals surface area contributed by atoms with Crippen molar-refractivity contribution in [2.45, 2.75) is 50.9 Å². The number of hydrogen-bond donors (Lipinski definition) is 3. The third-order valence-electron chi connectivity index (χ3n) is 8.99. The number of nitrogens with one attached hydrogen (secondary N) is 2. The normalized spacial score (nSPS) is 20.8. The topological polar surface area (TPSA) is 116 Å². The fourth-order valence-electron chi connectivity index (χ4n) is 6.50. The van der Waals surface area contributed by atoms with Crippen LogP contribution in [0, 0.1) is 5.82 Å². The van der Waals surface area contributed by atoms with Crippen molar-refractivity contribution < 1.29 is 28.6 Å². The van der Waals surface area contributed by atoms with Gasteiger partial charge in [-0.1, -0.05) is 30.3 Å². The van der Waals surface area contributed by atoms with Gasteiger partial charge in [-0.15, -0.1) is 0 Å². The first kappa shape index (κ1) is 33.2. The van der Waals surface area contributed by atoms with Gasteiger partial charge in [0.25, 0.3) is 5.91 Å².